The highest BCUT2D eigenvalue weighted by Crippen LogP contribution is 2.33. The van der Waals surface area contributed by atoms with Crippen molar-refractivity contribution in [3.05, 3.63) is 86.1 Å². The summed E-state index contributed by atoms with van der Waals surface area (Å²) in [6, 6.07) is 16.2. The minimum Gasteiger partial charge on any atom is -0.312 e. The molecule has 2 aromatic heterocycles. The molecule has 1 aliphatic heterocycles. The van der Waals surface area contributed by atoms with Gasteiger partial charge in [-0.05, 0) is 43.0 Å². The number of rotatable bonds is 3. The van der Waals surface area contributed by atoms with Crippen LogP contribution in [-0.2, 0) is 20.1 Å². The van der Waals surface area contributed by atoms with Gasteiger partial charge >= 0.3 is 5.69 Å². The standard InChI is InChI=1S/C25H27N5O2/c1-16-8-10-19(11-9-16)15-30-23(31)21-22(27(4)25(30)32)26-24-28(13-18(3)14-29(21)24)20-7-5-6-17(2)12-20/h5-12,18H,13-15H2,1-4H3/t18-/m0/s1. The second-order valence-electron chi connectivity index (χ2n) is 8.97. The number of aromatic nitrogens is 4. The van der Waals surface area contributed by atoms with E-state index >= 15 is 0 Å². The van der Waals surface area contributed by atoms with E-state index in [0.29, 0.717) is 29.6 Å². The summed E-state index contributed by atoms with van der Waals surface area (Å²) in [7, 11) is 1.69. The lowest BCUT2D eigenvalue weighted by Gasteiger charge is -2.33. The summed E-state index contributed by atoms with van der Waals surface area (Å²) in [6.07, 6.45) is 0. The minimum atomic E-state index is -0.353. The molecule has 0 radical (unpaired) electrons. The van der Waals surface area contributed by atoms with Gasteiger partial charge in [-0.2, -0.15) is 4.98 Å². The molecule has 164 valence electrons. The molecule has 2 aromatic carbocycles. The first-order valence-corrected chi connectivity index (χ1v) is 10.9. The van der Waals surface area contributed by atoms with E-state index in [2.05, 4.69) is 36.9 Å². The van der Waals surface area contributed by atoms with Crippen LogP contribution in [0.1, 0.15) is 23.6 Å². The molecule has 0 spiro atoms. The van der Waals surface area contributed by atoms with Crippen LogP contribution < -0.4 is 16.1 Å². The van der Waals surface area contributed by atoms with E-state index in [4.69, 9.17) is 4.98 Å². The van der Waals surface area contributed by atoms with Gasteiger partial charge in [-0.3, -0.25) is 13.9 Å². The van der Waals surface area contributed by atoms with Crippen molar-refractivity contribution in [3.8, 4) is 0 Å². The van der Waals surface area contributed by atoms with Crippen LogP contribution in [0, 0.1) is 19.8 Å². The van der Waals surface area contributed by atoms with E-state index in [1.807, 2.05) is 41.8 Å². The van der Waals surface area contributed by atoms with E-state index in [9.17, 15) is 9.59 Å². The Morgan fingerprint density at radius 1 is 1.00 bits per heavy atom. The molecule has 0 fully saturated rings. The molecule has 0 amide bonds. The highest BCUT2D eigenvalue weighted by Gasteiger charge is 2.29. The first-order chi connectivity index (χ1) is 15.3. The molecule has 0 saturated heterocycles. The molecule has 0 N–H and O–H groups in total. The van der Waals surface area contributed by atoms with Crippen molar-refractivity contribution in [3.63, 3.8) is 0 Å². The van der Waals surface area contributed by atoms with Crippen LogP contribution in [0.2, 0.25) is 0 Å². The summed E-state index contributed by atoms with van der Waals surface area (Å²) in [5.74, 6) is 1.03. The highest BCUT2D eigenvalue weighted by molar-refractivity contribution is 5.77. The number of anilines is 2. The number of benzene rings is 2. The van der Waals surface area contributed by atoms with Gasteiger partial charge in [0.05, 0.1) is 6.54 Å². The van der Waals surface area contributed by atoms with Gasteiger partial charge in [0.15, 0.2) is 11.2 Å². The highest BCUT2D eigenvalue weighted by atomic mass is 16.2. The zero-order chi connectivity index (χ0) is 22.6. The maximum Gasteiger partial charge on any atom is 0.332 e. The fourth-order valence-electron chi connectivity index (χ4n) is 4.53. The smallest absolute Gasteiger partial charge is 0.312 e. The molecule has 7 heteroatoms. The van der Waals surface area contributed by atoms with Crippen LogP contribution in [0.3, 0.4) is 0 Å². The second-order valence-corrected chi connectivity index (χ2v) is 8.97. The number of fused-ring (bicyclic) bond motifs is 3. The number of hydrogen-bond donors (Lipinski definition) is 0. The van der Waals surface area contributed by atoms with Crippen molar-refractivity contribution in [1.82, 2.24) is 18.7 Å². The Labute approximate surface area is 186 Å². The van der Waals surface area contributed by atoms with Crippen molar-refractivity contribution in [2.45, 2.75) is 33.9 Å². The topological polar surface area (TPSA) is 65.1 Å². The molecule has 0 saturated carbocycles. The van der Waals surface area contributed by atoms with E-state index in [-0.39, 0.29) is 17.8 Å². The van der Waals surface area contributed by atoms with E-state index in [1.165, 1.54) is 9.13 Å². The van der Waals surface area contributed by atoms with Gasteiger partial charge in [0.2, 0.25) is 5.95 Å². The van der Waals surface area contributed by atoms with E-state index < -0.39 is 0 Å². The summed E-state index contributed by atoms with van der Waals surface area (Å²) >= 11 is 0. The maximum absolute atomic E-state index is 13.6. The number of imidazole rings is 1. The lowest BCUT2D eigenvalue weighted by Crippen LogP contribution is -2.40. The van der Waals surface area contributed by atoms with Crippen LogP contribution in [-0.4, -0.2) is 25.2 Å². The monoisotopic (exact) mass is 429 g/mol. The summed E-state index contributed by atoms with van der Waals surface area (Å²) in [6.45, 7) is 7.97. The third kappa shape index (κ3) is 3.25. The van der Waals surface area contributed by atoms with Gasteiger partial charge in [-0.25, -0.2) is 4.79 Å². The Kier molecular flexibility index (Phi) is 4.77. The van der Waals surface area contributed by atoms with Crippen LogP contribution in [0.25, 0.3) is 11.2 Å². The van der Waals surface area contributed by atoms with E-state index in [1.54, 1.807) is 7.05 Å². The molecule has 0 bridgehead atoms. The van der Waals surface area contributed by atoms with Crippen LogP contribution in [0.4, 0.5) is 11.6 Å². The fourth-order valence-corrected chi connectivity index (χ4v) is 4.53. The van der Waals surface area contributed by atoms with Gasteiger partial charge in [-0.15, -0.1) is 0 Å². The van der Waals surface area contributed by atoms with E-state index in [0.717, 1.165) is 28.9 Å². The first kappa shape index (κ1) is 20.3. The van der Waals surface area contributed by atoms with Crippen molar-refractivity contribution in [2.75, 3.05) is 11.4 Å². The molecule has 32 heavy (non-hydrogen) atoms. The SMILES string of the molecule is Cc1ccc(Cn2c(=O)c3c(nc4n3C[C@@H](C)CN4c3cccc(C)c3)n(C)c2=O)cc1. The molecule has 1 atom stereocenters. The summed E-state index contributed by atoms with van der Waals surface area (Å²) in [5.41, 5.74) is 4.53. The molecule has 7 nitrogen and oxygen atoms in total. The van der Waals surface area contributed by atoms with Gasteiger partial charge < -0.3 is 9.47 Å². The summed E-state index contributed by atoms with van der Waals surface area (Å²) in [5, 5.41) is 0. The largest absolute Gasteiger partial charge is 0.332 e. The van der Waals surface area contributed by atoms with Crippen LogP contribution in [0.5, 0.6) is 0 Å². The van der Waals surface area contributed by atoms with Crippen molar-refractivity contribution in [1.29, 1.82) is 0 Å². The lowest BCUT2D eigenvalue weighted by molar-refractivity contribution is 0.458. The maximum atomic E-state index is 13.6. The molecular weight excluding hydrogens is 402 g/mol. The van der Waals surface area contributed by atoms with Gasteiger partial charge in [-0.1, -0.05) is 48.9 Å². The Bertz CT molecular complexity index is 1440. The molecule has 0 unspecified atom stereocenters. The third-order valence-corrected chi connectivity index (χ3v) is 6.22. The fraction of sp³-hybridized carbons (Fsp3) is 0.320. The predicted octanol–water partition coefficient (Wildman–Crippen LogP) is 3.35. The average molecular weight is 430 g/mol. The molecule has 1 aliphatic rings. The normalized spacial score (nSPS) is 15.9. The molecule has 4 aromatic rings. The Morgan fingerprint density at radius 2 is 1.75 bits per heavy atom. The van der Waals surface area contributed by atoms with Gasteiger partial charge in [0, 0.05) is 25.8 Å². The lowest BCUT2D eigenvalue weighted by atomic mass is 10.1. The van der Waals surface area contributed by atoms with Gasteiger partial charge in [0.1, 0.15) is 0 Å². The average Bonchev–Trinajstić information content (AvgIpc) is 3.15. The van der Waals surface area contributed by atoms with Crippen LogP contribution >= 0.6 is 0 Å². The molecule has 5 rings (SSSR count). The van der Waals surface area contributed by atoms with Crippen molar-refractivity contribution < 1.29 is 0 Å². The quantitative estimate of drug-likeness (QED) is 0.501. The van der Waals surface area contributed by atoms with Crippen molar-refractivity contribution >= 4 is 22.8 Å². The zero-order valence-electron chi connectivity index (χ0n) is 18.9. The number of hydrogen-bond acceptors (Lipinski definition) is 4. The number of nitrogens with zero attached hydrogens (tertiary/aromatic N) is 5. The summed E-state index contributed by atoms with van der Waals surface area (Å²) in [4.78, 5) is 33.6. The zero-order valence-corrected chi connectivity index (χ0v) is 18.9. The molecule has 3 heterocycles. The number of aryl methyl sites for hydroxylation is 3. The summed E-state index contributed by atoms with van der Waals surface area (Å²) < 4.78 is 4.80. The Hall–Kier alpha value is -3.61. The minimum absolute atomic E-state index is 0.236. The third-order valence-electron chi connectivity index (χ3n) is 6.22. The van der Waals surface area contributed by atoms with Crippen LogP contribution in [0.15, 0.2) is 58.1 Å². The predicted molar refractivity (Wildman–Crippen MR) is 127 cm³/mol. The first-order valence-electron chi connectivity index (χ1n) is 10.9. The Morgan fingerprint density at radius 3 is 2.47 bits per heavy atom. The molecular formula is C25H27N5O2. The second kappa shape index (κ2) is 7.51. The van der Waals surface area contributed by atoms with Crippen molar-refractivity contribution in [2.24, 2.45) is 13.0 Å². The Balaban J connectivity index is 1.72. The molecule has 0 aliphatic carbocycles. The van der Waals surface area contributed by atoms with Gasteiger partial charge in [0.25, 0.3) is 5.56 Å².